The van der Waals surface area contributed by atoms with Gasteiger partial charge in [-0.15, -0.1) is 0 Å². The van der Waals surface area contributed by atoms with Crippen molar-refractivity contribution in [3.8, 4) is 0 Å². The summed E-state index contributed by atoms with van der Waals surface area (Å²) < 4.78 is 0. The first-order valence-corrected chi connectivity index (χ1v) is 9.64. The van der Waals surface area contributed by atoms with Gasteiger partial charge in [0.1, 0.15) is 17.5 Å². The van der Waals surface area contributed by atoms with Crippen molar-refractivity contribution < 1.29 is 5.11 Å². The van der Waals surface area contributed by atoms with Gasteiger partial charge in [-0.05, 0) is 30.4 Å². The van der Waals surface area contributed by atoms with E-state index in [2.05, 4.69) is 54.4 Å². The molecule has 0 bridgehead atoms. The Bertz CT molecular complexity index is 785. The molecule has 1 aromatic heterocycles. The van der Waals surface area contributed by atoms with Crippen LogP contribution >= 0.6 is 0 Å². The summed E-state index contributed by atoms with van der Waals surface area (Å²) in [6.45, 7) is 7.36. The van der Waals surface area contributed by atoms with Crippen LogP contribution in [0.15, 0.2) is 30.3 Å². The normalized spacial score (nSPS) is 18.5. The second kappa shape index (κ2) is 6.88. The Labute approximate surface area is 155 Å². The highest BCUT2D eigenvalue weighted by molar-refractivity contribution is 5.53. The van der Waals surface area contributed by atoms with Crippen LogP contribution < -0.4 is 10.2 Å². The highest BCUT2D eigenvalue weighted by Crippen LogP contribution is 2.40. The van der Waals surface area contributed by atoms with E-state index in [0.29, 0.717) is 5.92 Å². The van der Waals surface area contributed by atoms with E-state index in [9.17, 15) is 0 Å². The van der Waals surface area contributed by atoms with E-state index in [0.717, 1.165) is 43.5 Å². The van der Waals surface area contributed by atoms with Gasteiger partial charge in [0.15, 0.2) is 0 Å². The van der Waals surface area contributed by atoms with Gasteiger partial charge in [-0.25, -0.2) is 9.97 Å². The van der Waals surface area contributed by atoms with Crippen LogP contribution in [0, 0.1) is 0 Å². The van der Waals surface area contributed by atoms with Crippen LogP contribution in [-0.2, 0) is 12.0 Å². The van der Waals surface area contributed by atoms with E-state index in [1.54, 1.807) is 0 Å². The number of fused-ring (bicyclic) bond motifs is 1. The lowest BCUT2D eigenvalue weighted by molar-refractivity contribution is 0.292. The molecule has 26 heavy (non-hydrogen) atoms. The molecule has 2 aromatic rings. The molecule has 1 aliphatic carbocycles. The molecule has 0 amide bonds. The van der Waals surface area contributed by atoms with Crippen molar-refractivity contribution >= 4 is 11.6 Å². The predicted molar refractivity (Wildman–Crippen MR) is 105 cm³/mol. The maximum atomic E-state index is 9.03. The van der Waals surface area contributed by atoms with Gasteiger partial charge in [0.05, 0.1) is 0 Å². The lowest BCUT2D eigenvalue weighted by atomic mass is 9.78. The summed E-state index contributed by atoms with van der Waals surface area (Å²) in [6, 6.07) is 10.8. The largest absolute Gasteiger partial charge is 0.396 e. The van der Waals surface area contributed by atoms with Crippen LogP contribution in [0.1, 0.15) is 56.0 Å². The van der Waals surface area contributed by atoms with Gasteiger partial charge in [-0.1, -0.05) is 38.1 Å². The van der Waals surface area contributed by atoms with Crippen molar-refractivity contribution in [2.75, 3.05) is 29.9 Å². The molecule has 0 spiro atoms. The highest BCUT2D eigenvalue weighted by atomic mass is 16.3. The number of hydrogen-bond acceptors (Lipinski definition) is 5. The fourth-order valence-electron chi connectivity index (χ4n) is 3.83. The molecule has 1 fully saturated rings. The van der Waals surface area contributed by atoms with Gasteiger partial charge in [-0.3, -0.25) is 0 Å². The molecular formula is C21H28N4O. The van der Waals surface area contributed by atoms with Crippen LogP contribution in [-0.4, -0.2) is 34.8 Å². The van der Waals surface area contributed by atoms with Crippen LogP contribution in [0.5, 0.6) is 0 Å². The zero-order chi connectivity index (χ0) is 18.1. The van der Waals surface area contributed by atoms with Crippen LogP contribution in [0.3, 0.4) is 0 Å². The summed E-state index contributed by atoms with van der Waals surface area (Å²) in [5.41, 5.74) is 2.91. The molecule has 4 rings (SSSR count). The lowest BCUT2D eigenvalue weighted by Crippen LogP contribution is -2.42. The maximum Gasteiger partial charge on any atom is 0.136 e. The third-order valence-electron chi connectivity index (χ3n) is 5.33. The Morgan fingerprint density at radius 3 is 2.81 bits per heavy atom. The fourth-order valence-corrected chi connectivity index (χ4v) is 3.83. The number of nitrogens with one attached hydrogen (secondary N) is 1. The quantitative estimate of drug-likeness (QED) is 0.780. The summed E-state index contributed by atoms with van der Waals surface area (Å²) in [5.74, 6) is 3.36. The topological polar surface area (TPSA) is 61.3 Å². The molecule has 1 aliphatic heterocycles. The minimum Gasteiger partial charge on any atom is -0.396 e. The van der Waals surface area contributed by atoms with E-state index in [1.807, 2.05) is 0 Å². The summed E-state index contributed by atoms with van der Waals surface area (Å²) in [7, 11) is 0. The molecule has 0 atom stereocenters. The Kier molecular flexibility index (Phi) is 4.57. The fraction of sp³-hybridized carbons (Fsp3) is 0.524. The van der Waals surface area contributed by atoms with Crippen molar-refractivity contribution in [2.45, 2.75) is 51.0 Å². The van der Waals surface area contributed by atoms with Gasteiger partial charge >= 0.3 is 0 Å². The zero-order valence-electron chi connectivity index (χ0n) is 15.7. The number of benzene rings is 1. The van der Waals surface area contributed by atoms with Crippen molar-refractivity contribution in [3.63, 3.8) is 0 Å². The first-order chi connectivity index (χ1) is 12.6. The van der Waals surface area contributed by atoms with Gasteiger partial charge in [0.25, 0.3) is 0 Å². The van der Waals surface area contributed by atoms with E-state index >= 15 is 0 Å². The van der Waals surface area contributed by atoms with Crippen LogP contribution in [0.4, 0.5) is 11.6 Å². The standard InChI is InChI=1S/C21H28N4O/c1-21(2)14-25(13-16-6-3-4-7-17(16)21)19-12-18(22-10-5-11-26)23-20(24-19)15-8-9-15/h3-4,6-7,12,15,26H,5,8-11,13-14H2,1-2H3,(H,22,23,24). The number of aliphatic hydroxyl groups excluding tert-OH is 1. The van der Waals surface area contributed by atoms with Crippen molar-refractivity contribution in [2.24, 2.45) is 0 Å². The molecule has 5 nitrogen and oxygen atoms in total. The average Bonchev–Trinajstić information content (AvgIpc) is 3.46. The zero-order valence-corrected chi connectivity index (χ0v) is 15.7. The van der Waals surface area contributed by atoms with Gasteiger partial charge in [0, 0.05) is 43.6 Å². The monoisotopic (exact) mass is 352 g/mol. The highest BCUT2D eigenvalue weighted by Gasteiger charge is 2.33. The van der Waals surface area contributed by atoms with E-state index < -0.39 is 0 Å². The Morgan fingerprint density at radius 2 is 2.04 bits per heavy atom. The third kappa shape index (κ3) is 3.54. The molecule has 2 aliphatic rings. The molecule has 0 radical (unpaired) electrons. The van der Waals surface area contributed by atoms with Gasteiger partial charge in [-0.2, -0.15) is 0 Å². The summed E-state index contributed by atoms with van der Waals surface area (Å²) >= 11 is 0. The molecule has 1 saturated carbocycles. The summed E-state index contributed by atoms with van der Waals surface area (Å²) in [6.07, 6.45) is 3.10. The first-order valence-electron chi connectivity index (χ1n) is 9.64. The molecule has 5 heteroatoms. The Morgan fingerprint density at radius 1 is 1.23 bits per heavy atom. The van der Waals surface area contributed by atoms with E-state index in [1.165, 1.54) is 24.0 Å². The number of hydrogen-bond donors (Lipinski definition) is 2. The second-order valence-electron chi connectivity index (χ2n) is 8.14. The Hall–Kier alpha value is -2.14. The number of nitrogens with zero attached hydrogens (tertiary/aromatic N) is 3. The number of aromatic nitrogens is 2. The molecule has 0 unspecified atom stereocenters. The first kappa shape index (κ1) is 17.3. The SMILES string of the molecule is CC1(C)CN(c2cc(NCCCO)nc(C3CC3)n2)Cc2ccccc21. The molecule has 1 aromatic carbocycles. The Balaban J connectivity index is 1.64. The molecular weight excluding hydrogens is 324 g/mol. The maximum absolute atomic E-state index is 9.03. The number of aliphatic hydroxyl groups is 1. The molecule has 2 N–H and O–H groups in total. The van der Waals surface area contributed by atoms with Crippen LogP contribution in [0.2, 0.25) is 0 Å². The summed E-state index contributed by atoms with van der Waals surface area (Å²) in [5, 5.41) is 12.4. The molecule has 0 saturated heterocycles. The van der Waals surface area contributed by atoms with Crippen LogP contribution in [0.25, 0.3) is 0 Å². The van der Waals surface area contributed by atoms with Gasteiger partial charge < -0.3 is 15.3 Å². The molecule has 138 valence electrons. The molecule has 2 heterocycles. The average molecular weight is 352 g/mol. The van der Waals surface area contributed by atoms with E-state index in [4.69, 9.17) is 15.1 Å². The predicted octanol–water partition coefficient (Wildman–Crippen LogP) is 3.45. The lowest BCUT2D eigenvalue weighted by Gasteiger charge is -2.40. The number of rotatable bonds is 6. The summed E-state index contributed by atoms with van der Waals surface area (Å²) in [4.78, 5) is 12.0. The second-order valence-corrected chi connectivity index (χ2v) is 8.14. The van der Waals surface area contributed by atoms with Crippen molar-refractivity contribution in [1.29, 1.82) is 0 Å². The minimum atomic E-state index is 0.0873. The van der Waals surface area contributed by atoms with E-state index in [-0.39, 0.29) is 12.0 Å². The minimum absolute atomic E-state index is 0.0873. The van der Waals surface area contributed by atoms with Gasteiger partial charge in [0.2, 0.25) is 0 Å². The van der Waals surface area contributed by atoms with Crippen molar-refractivity contribution in [3.05, 3.63) is 47.3 Å². The van der Waals surface area contributed by atoms with Crippen molar-refractivity contribution in [1.82, 2.24) is 9.97 Å². The number of anilines is 2. The smallest absolute Gasteiger partial charge is 0.136 e. The third-order valence-corrected chi connectivity index (χ3v) is 5.33.